The summed E-state index contributed by atoms with van der Waals surface area (Å²) in [7, 11) is 1.48. The van der Waals surface area contributed by atoms with E-state index < -0.39 is 10.0 Å². The molecular weight excluding hydrogens is 396 g/mol. The van der Waals surface area contributed by atoms with Gasteiger partial charge in [-0.2, -0.15) is 4.31 Å². The number of carbonyl (C=O) groups excluding carboxylic acids is 1. The maximum Gasteiger partial charge on any atom is 0.220 e. The zero-order valence-corrected chi connectivity index (χ0v) is 18.3. The second kappa shape index (κ2) is 8.79. The summed E-state index contributed by atoms with van der Waals surface area (Å²) in [5.74, 6) is 1.61. The summed E-state index contributed by atoms with van der Waals surface area (Å²) in [6.07, 6.45) is 5.18. The standard InChI is InChI=1S/C20H30N2O6S/c1-26-17-9-5-13(19(27-2)20(17)28-3)6-10-18(23)21-14-11-15-7-8-16(12-14)22(15)29(4,24)25/h5,9,14-16H,6-8,10-12H2,1-4H3,(H,21,23). The number of nitrogens with one attached hydrogen (secondary N) is 1. The topological polar surface area (TPSA) is 94.2 Å². The van der Waals surface area contributed by atoms with Crippen molar-refractivity contribution >= 4 is 15.9 Å². The Labute approximate surface area is 172 Å². The predicted molar refractivity (Wildman–Crippen MR) is 109 cm³/mol. The van der Waals surface area contributed by atoms with Crippen LogP contribution in [0, 0.1) is 0 Å². The zero-order chi connectivity index (χ0) is 21.2. The quantitative estimate of drug-likeness (QED) is 0.680. The Hall–Kier alpha value is -2.00. The van der Waals surface area contributed by atoms with Gasteiger partial charge in [0.05, 0.1) is 27.6 Å². The average molecular weight is 427 g/mol. The number of piperidine rings is 1. The van der Waals surface area contributed by atoms with Crippen LogP contribution < -0.4 is 19.5 Å². The molecule has 2 saturated heterocycles. The monoisotopic (exact) mass is 426 g/mol. The third kappa shape index (κ3) is 4.61. The van der Waals surface area contributed by atoms with Crippen LogP contribution in [0.1, 0.15) is 37.7 Å². The lowest BCUT2D eigenvalue weighted by atomic mass is 9.99. The number of aryl methyl sites for hydroxylation is 1. The number of benzene rings is 1. The Kier molecular flexibility index (Phi) is 6.58. The Balaban J connectivity index is 1.59. The maximum absolute atomic E-state index is 12.5. The third-order valence-electron chi connectivity index (χ3n) is 5.82. The molecule has 8 nitrogen and oxygen atoms in total. The van der Waals surface area contributed by atoms with Crippen LogP contribution in [0.5, 0.6) is 17.2 Å². The number of fused-ring (bicyclic) bond motifs is 2. The number of ether oxygens (including phenoxy) is 3. The molecule has 1 amide bonds. The summed E-state index contributed by atoms with van der Waals surface area (Å²) in [6.45, 7) is 0. The molecule has 3 rings (SSSR count). The normalized spacial score (nSPS) is 24.2. The molecule has 0 aliphatic carbocycles. The molecule has 2 fully saturated rings. The van der Waals surface area contributed by atoms with Crippen LogP contribution in [0.15, 0.2) is 12.1 Å². The molecule has 0 spiro atoms. The lowest BCUT2D eigenvalue weighted by molar-refractivity contribution is -0.122. The van der Waals surface area contributed by atoms with Gasteiger partial charge in [0.1, 0.15) is 0 Å². The summed E-state index contributed by atoms with van der Waals surface area (Å²) in [5, 5.41) is 3.09. The van der Waals surface area contributed by atoms with Gasteiger partial charge in [0.25, 0.3) is 0 Å². The van der Waals surface area contributed by atoms with Crippen LogP contribution >= 0.6 is 0 Å². The van der Waals surface area contributed by atoms with Crippen molar-refractivity contribution in [2.45, 2.75) is 56.7 Å². The number of hydrogen-bond acceptors (Lipinski definition) is 6. The highest BCUT2D eigenvalue weighted by atomic mass is 32.2. The van der Waals surface area contributed by atoms with Crippen molar-refractivity contribution in [3.8, 4) is 17.2 Å². The first-order chi connectivity index (χ1) is 13.8. The van der Waals surface area contributed by atoms with Crippen LogP contribution in [0.2, 0.25) is 0 Å². The molecule has 2 aliphatic rings. The van der Waals surface area contributed by atoms with Gasteiger partial charge < -0.3 is 19.5 Å². The van der Waals surface area contributed by atoms with E-state index in [0.717, 1.165) is 18.4 Å². The zero-order valence-electron chi connectivity index (χ0n) is 17.4. The molecule has 29 heavy (non-hydrogen) atoms. The minimum Gasteiger partial charge on any atom is -0.493 e. The largest absolute Gasteiger partial charge is 0.493 e. The molecular formula is C20H30N2O6S. The molecule has 2 aliphatic heterocycles. The molecule has 2 bridgehead atoms. The lowest BCUT2D eigenvalue weighted by Crippen LogP contribution is -2.52. The summed E-state index contributed by atoms with van der Waals surface area (Å²) >= 11 is 0. The van der Waals surface area contributed by atoms with Gasteiger partial charge in [0.15, 0.2) is 11.5 Å². The SMILES string of the molecule is COc1ccc(CCC(=O)NC2CC3CCC(C2)N3S(C)(=O)=O)c(OC)c1OC. The van der Waals surface area contributed by atoms with E-state index in [1.54, 1.807) is 31.7 Å². The molecule has 9 heteroatoms. The Morgan fingerprint density at radius 1 is 1.07 bits per heavy atom. The van der Waals surface area contributed by atoms with Gasteiger partial charge in [-0.05, 0) is 43.7 Å². The van der Waals surface area contributed by atoms with E-state index in [9.17, 15) is 13.2 Å². The van der Waals surface area contributed by atoms with E-state index in [2.05, 4.69) is 5.32 Å². The van der Waals surface area contributed by atoms with E-state index >= 15 is 0 Å². The molecule has 0 aromatic heterocycles. The number of amides is 1. The Morgan fingerprint density at radius 2 is 1.69 bits per heavy atom. The second-order valence-electron chi connectivity index (χ2n) is 7.71. The predicted octanol–water partition coefficient (Wildman–Crippen LogP) is 1.72. The van der Waals surface area contributed by atoms with Crippen molar-refractivity contribution in [1.82, 2.24) is 9.62 Å². The first kappa shape index (κ1) is 21.7. The number of hydrogen-bond donors (Lipinski definition) is 1. The number of rotatable bonds is 8. The number of carbonyl (C=O) groups is 1. The van der Waals surface area contributed by atoms with Gasteiger partial charge in [-0.25, -0.2) is 8.42 Å². The second-order valence-corrected chi connectivity index (χ2v) is 9.59. The number of nitrogens with zero attached hydrogens (tertiary/aromatic N) is 1. The van der Waals surface area contributed by atoms with E-state index in [0.29, 0.717) is 42.9 Å². The van der Waals surface area contributed by atoms with Crippen LogP contribution in [0.25, 0.3) is 0 Å². The fourth-order valence-electron chi connectivity index (χ4n) is 4.70. The van der Waals surface area contributed by atoms with Crippen LogP contribution in [0.4, 0.5) is 0 Å². The van der Waals surface area contributed by atoms with Gasteiger partial charge in [-0.15, -0.1) is 0 Å². The Morgan fingerprint density at radius 3 is 2.21 bits per heavy atom. The van der Waals surface area contributed by atoms with Crippen molar-refractivity contribution in [1.29, 1.82) is 0 Å². The summed E-state index contributed by atoms with van der Waals surface area (Å²) in [5.41, 5.74) is 0.868. The number of methoxy groups -OCH3 is 3. The van der Waals surface area contributed by atoms with Gasteiger partial charge in [0, 0.05) is 24.5 Å². The lowest BCUT2D eigenvalue weighted by Gasteiger charge is -2.37. The van der Waals surface area contributed by atoms with Crippen LogP contribution in [-0.2, 0) is 21.2 Å². The fraction of sp³-hybridized carbons (Fsp3) is 0.650. The van der Waals surface area contributed by atoms with Crippen LogP contribution in [0.3, 0.4) is 0 Å². The van der Waals surface area contributed by atoms with Crippen molar-refractivity contribution < 1.29 is 27.4 Å². The minimum absolute atomic E-state index is 0.00000613. The first-order valence-electron chi connectivity index (χ1n) is 9.84. The highest BCUT2D eigenvalue weighted by molar-refractivity contribution is 7.88. The number of sulfonamides is 1. The highest BCUT2D eigenvalue weighted by Gasteiger charge is 2.45. The molecule has 1 aromatic rings. The van der Waals surface area contributed by atoms with Gasteiger partial charge >= 0.3 is 0 Å². The van der Waals surface area contributed by atoms with Crippen molar-refractivity contribution in [2.75, 3.05) is 27.6 Å². The molecule has 1 aromatic carbocycles. The first-order valence-corrected chi connectivity index (χ1v) is 11.7. The van der Waals surface area contributed by atoms with E-state index in [-0.39, 0.29) is 24.0 Å². The smallest absolute Gasteiger partial charge is 0.220 e. The Bertz CT molecular complexity index is 843. The van der Waals surface area contributed by atoms with Crippen molar-refractivity contribution in [2.24, 2.45) is 0 Å². The summed E-state index contributed by atoms with van der Waals surface area (Å²) < 4.78 is 41.8. The molecule has 0 saturated carbocycles. The molecule has 1 N–H and O–H groups in total. The molecule has 162 valence electrons. The third-order valence-corrected chi connectivity index (χ3v) is 7.18. The van der Waals surface area contributed by atoms with Gasteiger partial charge in [-0.1, -0.05) is 6.07 Å². The maximum atomic E-state index is 12.5. The van der Waals surface area contributed by atoms with Crippen molar-refractivity contribution in [3.05, 3.63) is 17.7 Å². The molecule has 2 atom stereocenters. The summed E-state index contributed by atoms with van der Waals surface area (Å²) in [6, 6.07) is 3.69. The van der Waals surface area contributed by atoms with E-state index in [4.69, 9.17) is 14.2 Å². The van der Waals surface area contributed by atoms with Crippen molar-refractivity contribution in [3.63, 3.8) is 0 Å². The molecule has 0 radical (unpaired) electrons. The fourth-order valence-corrected chi connectivity index (χ4v) is 6.17. The van der Waals surface area contributed by atoms with E-state index in [1.165, 1.54) is 6.26 Å². The van der Waals surface area contributed by atoms with Gasteiger partial charge in [0.2, 0.25) is 21.7 Å². The minimum atomic E-state index is -3.20. The van der Waals surface area contributed by atoms with E-state index in [1.807, 2.05) is 6.07 Å². The highest BCUT2D eigenvalue weighted by Crippen LogP contribution is 2.40. The molecule has 2 heterocycles. The summed E-state index contributed by atoms with van der Waals surface area (Å²) in [4.78, 5) is 12.5. The average Bonchev–Trinajstić information content (AvgIpc) is 2.97. The van der Waals surface area contributed by atoms with Crippen LogP contribution in [-0.4, -0.2) is 64.3 Å². The van der Waals surface area contributed by atoms with Gasteiger partial charge in [-0.3, -0.25) is 4.79 Å². The molecule has 2 unspecified atom stereocenters.